The Hall–Kier alpha value is 0.331. The van der Waals surface area contributed by atoms with Gasteiger partial charge < -0.3 is 0 Å². The maximum atomic E-state index is 12.8. The third-order valence-electron chi connectivity index (χ3n) is 2.15. The van der Waals surface area contributed by atoms with Gasteiger partial charge in [-0.2, -0.15) is 0 Å². The van der Waals surface area contributed by atoms with Crippen LogP contribution in [-0.2, 0) is 18.3 Å². The molecule has 0 aromatic heterocycles. The first-order chi connectivity index (χ1) is 6.79. The number of hydrogen-bond acceptors (Lipinski definition) is 1. The monoisotopic (exact) mass is 332 g/mol. The van der Waals surface area contributed by atoms with Crippen molar-refractivity contribution in [3.63, 3.8) is 0 Å². The SMILES string of the molecule is Cl.Cl.[CH2]=[Ti]([F])[O]c1cc(C)cc([Si](C)(C)C)c1. The molecule has 1 rings (SSSR count). The number of halogens is 3. The summed E-state index contributed by atoms with van der Waals surface area (Å²) in [5.74, 6) is 0.653. The second-order valence-electron chi connectivity index (χ2n) is 4.74. The van der Waals surface area contributed by atoms with E-state index >= 15 is 0 Å². The van der Waals surface area contributed by atoms with Crippen molar-refractivity contribution in [3.05, 3.63) is 23.8 Å². The summed E-state index contributed by atoms with van der Waals surface area (Å²) in [5, 5.41) is 1.30. The normalized spacial score (nSPS) is 9.94. The van der Waals surface area contributed by atoms with Crippen LogP contribution in [0.3, 0.4) is 0 Å². The zero-order valence-corrected chi connectivity index (χ0v) is 14.7. The molecular weight excluding hydrogens is 314 g/mol. The van der Waals surface area contributed by atoms with E-state index in [4.69, 9.17) is 3.32 Å². The molecule has 17 heavy (non-hydrogen) atoms. The summed E-state index contributed by atoms with van der Waals surface area (Å²) in [4.78, 5) is 3.34. The van der Waals surface area contributed by atoms with Crippen LogP contribution in [0.2, 0.25) is 19.6 Å². The Morgan fingerprint density at radius 1 is 1.18 bits per heavy atom. The molecule has 0 aliphatic heterocycles. The number of aryl methyl sites for hydroxylation is 1. The Bertz CT molecular complexity index is 394. The fraction of sp³-hybridized carbons (Fsp3) is 0.364. The fourth-order valence-electron chi connectivity index (χ4n) is 1.37. The molecule has 0 radical (unpaired) electrons. The van der Waals surface area contributed by atoms with Crippen molar-refractivity contribution in [1.82, 2.24) is 0 Å². The molecule has 0 bridgehead atoms. The van der Waals surface area contributed by atoms with Crippen LogP contribution in [-0.4, -0.2) is 12.9 Å². The summed E-state index contributed by atoms with van der Waals surface area (Å²) in [6, 6.07) is 6.01. The average molecular weight is 333 g/mol. The Morgan fingerprint density at radius 3 is 2.12 bits per heavy atom. The van der Waals surface area contributed by atoms with E-state index in [2.05, 4.69) is 30.5 Å². The summed E-state index contributed by atoms with van der Waals surface area (Å²) < 4.78 is 17.9. The summed E-state index contributed by atoms with van der Waals surface area (Å²) in [6.45, 7) is 8.81. The van der Waals surface area contributed by atoms with Gasteiger partial charge >= 0.3 is 98.9 Å². The molecule has 0 N–H and O–H groups in total. The molecule has 98 valence electrons. The molecule has 0 unspecified atom stereocenters. The van der Waals surface area contributed by atoms with E-state index < -0.39 is 26.4 Å². The van der Waals surface area contributed by atoms with Crippen LogP contribution in [0.5, 0.6) is 5.75 Å². The number of rotatable bonds is 3. The van der Waals surface area contributed by atoms with Gasteiger partial charge in [-0.05, 0) is 0 Å². The molecule has 0 saturated heterocycles. The molecule has 0 fully saturated rings. The Labute approximate surface area is 123 Å². The quantitative estimate of drug-likeness (QED) is 0.768. The molecule has 1 aromatic rings. The molecule has 1 aromatic carbocycles. The minimum atomic E-state index is -2.97. The van der Waals surface area contributed by atoms with Crippen LogP contribution >= 0.6 is 24.8 Å². The molecule has 6 heteroatoms. The first-order valence-electron chi connectivity index (χ1n) is 4.93. The van der Waals surface area contributed by atoms with Crippen molar-refractivity contribution in [2.45, 2.75) is 26.6 Å². The fourth-order valence-corrected chi connectivity index (χ4v) is 3.19. The predicted octanol–water partition coefficient (Wildman–Crippen LogP) is 3.61. The van der Waals surface area contributed by atoms with Crippen LogP contribution in [0, 0.1) is 6.92 Å². The van der Waals surface area contributed by atoms with Gasteiger partial charge in [0, 0.05) is 0 Å². The van der Waals surface area contributed by atoms with Crippen LogP contribution < -0.4 is 8.51 Å². The van der Waals surface area contributed by atoms with Gasteiger partial charge in [0.25, 0.3) is 0 Å². The molecule has 0 saturated carbocycles. The third-order valence-corrected chi connectivity index (χ3v) is 4.88. The average Bonchev–Trinajstić information content (AvgIpc) is 1.99. The molecule has 0 atom stereocenters. The van der Waals surface area contributed by atoms with Crippen LogP contribution in [0.4, 0.5) is 3.09 Å². The van der Waals surface area contributed by atoms with Crippen LogP contribution in [0.15, 0.2) is 18.2 Å². The minimum absolute atomic E-state index is 0. The van der Waals surface area contributed by atoms with Crippen molar-refractivity contribution in [2.75, 3.05) is 0 Å². The van der Waals surface area contributed by atoms with Crippen LogP contribution in [0.1, 0.15) is 5.56 Å². The standard InChI is InChI=1S/C10H16OSi.CH2.2ClH.FH.Ti/c1-8-5-9(11)7-10(6-8)12(2,3)4;;;;;/h5-7,11H,1-4H3;1H2;3*1H;/q;;;;;+2/p-2. The van der Waals surface area contributed by atoms with E-state index in [9.17, 15) is 3.09 Å². The van der Waals surface area contributed by atoms with Gasteiger partial charge in [0.15, 0.2) is 0 Å². The van der Waals surface area contributed by atoms with Gasteiger partial charge in [-0.1, -0.05) is 0 Å². The van der Waals surface area contributed by atoms with Gasteiger partial charge in [0.05, 0.1) is 0 Å². The Balaban J connectivity index is 0. The number of hydrogen-bond donors (Lipinski definition) is 0. The molecule has 1 nitrogen and oxygen atoms in total. The summed E-state index contributed by atoms with van der Waals surface area (Å²) in [7, 11) is -1.35. The Kier molecular flexibility index (Phi) is 8.90. The summed E-state index contributed by atoms with van der Waals surface area (Å²) >= 11 is -2.97. The molecular formula is C11H19Cl2FOSiTi. The Morgan fingerprint density at radius 2 is 1.71 bits per heavy atom. The third kappa shape index (κ3) is 6.73. The first-order valence-corrected chi connectivity index (χ1v) is 10.8. The van der Waals surface area contributed by atoms with E-state index in [1.165, 1.54) is 5.19 Å². The summed E-state index contributed by atoms with van der Waals surface area (Å²) in [5.41, 5.74) is 1.13. The molecule has 0 aliphatic carbocycles. The first kappa shape index (κ1) is 19.7. The number of benzene rings is 1. The zero-order valence-electron chi connectivity index (χ0n) is 10.5. The van der Waals surface area contributed by atoms with Gasteiger partial charge in [-0.3, -0.25) is 0 Å². The van der Waals surface area contributed by atoms with Crippen molar-refractivity contribution in [2.24, 2.45) is 0 Å². The second kappa shape index (κ2) is 7.70. The van der Waals surface area contributed by atoms with Crippen molar-refractivity contribution >= 4 is 42.9 Å². The molecule has 0 amide bonds. The van der Waals surface area contributed by atoms with Gasteiger partial charge in [-0.25, -0.2) is 0 Å². The zero-order chi connectivity index (χ0) is 11.6. The van der Waals surface area contributed by atoms with E-state index in [0.29, 0.717) is 5.75 Å². The van der Waals surface area contributed by atoms with Crippen molar-refractivity contribution in [3.8, 4) is 5.75 Å². The van der Waals surface area contributed by atoms with Gasteiger partial charge in [0.2, 0.25) is 0 Å². The molecule has 0 spiro atoms. The summed E-state index contributed by atoms with van der Waals surface area (Å²) in [6.07, 6.45) is 0. The molecule has 0 aliphatic rings. The van der Waals surface area contributed by atoms with Gasteiger partial charge in [-0.15, -0.1) is 24.8 Å². The van der Waals surface area contributed by atoms with E-state index in [1.807, 2.05) is 19.1 Å². The van der Waals surface area contributed by atoms with Gasteiger partial charge in [0.1, 0.15) is 0 Å². The second-order valence-corrected chi connectivity index (χ2v) is 11.2. The topological polar surface area (TPSA) is 9.23 Å². The predicted molar refractivity (Wildman–Crippen MR) is 77.5 cm³/mol. The maximum absolute atomic E-state index is 12.8. The van der Waals surface area contributed by atoms with E-state index in [-0.39, 0.29) is 24.8 Å². The van der Waals surface area contributed by atoms with Crippen molar-refractivity contribution in [1.29, 1.82) is 0 Å². The van der Waals surface area contributed by atoms with E-state index in [1.54, 1.807) is 0 Å². The molecule has 0 heterocycles. The van der Waals surface area contributed by atoms with E-state index in [0.717, 1.165) is 5.56 Å². The van der Waals surface area contributed by atoms with Crippen molar-refractivity contribution < 1.29 is 24.7 Å². The van der Waals surface area contributed by atoms with Crippen LogP contribution in [0.25, 0.3) is 0 Å².